The lowest BCUT2D eigenvalue weighted by molar-refractivity contribution is -0.123. The number of carbonyl (C=O) groups excluding carboxylic acids is 1. The number of methoxy groups -OCH3 is 1. The van der Waals surface area contributed by atoms with Gasteiger partial charge in [0.2, 0.25) is 0 Å². The number of hydrogen-bond donors (Lipinski definition) is 1. The van der Waals surface area contributed by atoms with Crippen molar-refractivity contribution in [2.24, 2.45) is 0 Å². The predicted octanol–water partition coefficient (Wildman–Crippen LogP) is 3.14. The van der Waals surface area contributed by atoms with Crippen LogP contribution in [0.4, 0.5) is 0 Å². The van der Waals surface area contributed by atoms with Crippen LogP contribution in [0.1, 0.15) is 19.4 Å². The van der Waals surface area contributed by atoms with Gasteiger partial charge in [-0.1, -0.05) is 44.2 Å². The highest BCUT2D eigenvalue weighted by atomic mass is 16.5. The molecule has 1 amide bonds. The zero-order chi connectivity index (χ0) is 19.5. The van der Waals surface area contributed by atoms with E-state index in [2.05, 4.69) is 48.3 Å². The van der Waals surface area contributed by atoms with Crippen LogP contribution < -0.4 is 14.8 Å². The molecule has 0 saturated carbocycles. The Morgan fingerprint density at radius 2 is 1.63 bits per heavy atom. The van der Waals surface area contributed by atoms with Crippen molar-refractivity contribution < 1.29 is 14.3 Å². The lowest BCUT2D eigenvalue weighted by atomic mass is 10.0. The summed E-state index contributed by atoms with van der Waals surface area (Å²) in [6, 6.07) is 17.8. The number of benzene rings is 2. The van der Waals surface area contributed by atoms with Crippen molar-refractivity contribution >= 4 is 5.91 Å². The minimum Gasteiger partial charge on any atom is -0.497 e. The summed E-state index contributed by atoms with van der Waals surface area (Å²) in [4.78, 5) is 14.6. The van der Waals surface area contributed by atoms with Crippen molar-refractivity contribution in [3.63, 3.8) is 0 Å². The van der Waals surface area contributed by atoms with Crippen LogP contribution in [0.5, 0.6) is 11.5 Å². The molecule has 0 spiro atoms. The molecule has 27 heavy (non-hydrogen) atoms. The molecule has 0 fully saturated rings. The fraction of sp³-hybridized carbons (Fsp3) is 0.409. The molecule has 2 aromatic rings. The average Bonchev–Trinajstić information content (AvgIpc) is 2.72. The highest BCUT2D eigenvalue weighted by Crippen LogP contribution is 2.16. The zero-order valence-electron chi connectivity index (χ0n) is 16.5. The van der Waals surface area contributed by atoms with Gasteiger partial charge in [-0.15, -0.1) is 0 Å². The molecule has 0 aliphatic heterocycles. The Kier molecular flexibility index (Phi) is 8.65. The fourth-order valence-corrected chi connectivity index (χ4v) is 3.06. The second-order valence-electron chi connectivity index (χ2n) is 6.33. The number of ether oxygens (including phenoxy) is 2. The fourth-order valence-electron chi connectivity index (χ4n) is 3.06. The molecule has 2 aromatic carbocycles. The van der Waals surface area contributed by atoms with E-state index in [-0.39, 0.29) is 18.6 Å². The van der Waals surface area contributed by atoms with Crippen molar-refractivity contribution in [1.82, 2.24) is 10.2 Å². The number of rotatable bonds is 11. The molecular formula is C22H30N2O3. The van der Waals surface area contributed by atoms with Gasteiger partial charge in [0.1, 0.15) is 11.5 Å². The number of amides is 1. The number of hydrogen-bond acceptors (Lipinski definition) is 4. The molecule has 1 unspecified atom stereocenters. The summed E-state index contributed by atoms with van der Waals surface area (Å²) < 4.78 is 10.7. The first-order valence-electron chi connectivity index (χ1n) is 9.47. The van der Waals surface area contributed by atoms with Crippen LogP contribution in [0, 0.1) is 0 Å². The summed E-state index contributed by atoms with van der Waals surface area (Å²) in [5.41, 5.74) is 1.28. The summed E-state index contributed by atoms with van der Waals surface area (Å²) in [5.74, 6) is 1.29. The zero-order valence-corrected chi connectivity index (χ0v) is 16.5. The number of nitrogens with zero attached hydrogens (tertiary/aromatic N) is 1. The van der Waals surface area contributed by atoms with Crippen molar-refractivity contribution in [2.45, 2.75) is 26.3 Å². The maximum atomic E-state index is 12.2. The molecule has 0 heterocycles. The average molecular weight is 370 g/mol. The van der Waals surface area contributed by atoms with Gasteiger partial charge in [-0.05, 0) is 49.3 Å². The molecule has 146 valence electrons. The maximum Gasteiger partial charge on any atom is 0.257 e. The van der Waals surface area contributed by atoms with Gasteiger partial charge in [-0.25, -0.2) is 0 Å². The molecule has 0 saturated heterocycles. The van der Waals surface area contributed by atoms with E-state index in [0.717, 1.165) is 25.3 Å². The largest absolute Gasteiger partial charge is 0.497 e. The standard InChI is InChI=1S/C22H30N2O3/c1-4-24(5-2)19(15-18-9-7-6-8-10-18)16-23-22(25)17-27-21-13-11-20(26-3)12-14-21/h6-14,19H,4-5,15-17H2,1-3H3,(H,23,25). The second kappa shape index (κ2) is 11.2. The second-order valence-corrected chi connectivity index (χ2v) is 6.33. The third-order valence-corrected chi connectivity index (χ3v) is 4.61. The Labute approximate surface area is 162 Å². The molecule has 2 rings (SSSR count). The van der Waals surface area contributed by atoms with E-state index in [4.69, 9.17) is 9.47 Å². The predicted molar refractivity (Wildman–Crippen MR) is 108 cm³/mol. The van der Waals surface area contributed by atoms with E-state index >= 15 is 0 Å². The molecule has 5 heteroatoms. The molecule has 1 N–H and O–H groups in total. The molecule has 5 nitrogen and oxygen atoms in total. The highest BCUT2D eigenvalue weighted by molar-refractivity contribution is 5.77. The normalized spacial score (nSPS) is 11.9. The van der Waals surface area contributed by atoms with Crippen molar-refractivity contribution in [2.75, 3.05) is 33.4 Å². The van der Waals surface area contributed by atoms with E-state index in [9.17, 15) is 4.79 Å². The van der Waals surface area contributed by atoms with Crippen molar-refractivity contribution in [3.8, 4) is 11.5 Å². The third-order valence-electron chi connectivity index (χ3n) is 4.61. The Morgan fingerprint density at radius 3 is 2.22 bits per heavy atom. The number of nitrogens with one attached hydrogen (secondary N) is 1. The van der Waals surface area contributed by atoms with Gasteiger partial charge in [-0.3, -0.25) is 9.69 Å². The van der Waals surface area contributed by atoms with E-state index < -0.39 is 0 Å². The monoisotopic (exact) mass is 370 g/mol. The van der Waals surface area contributed by atoms with Gasteiger partial charge >= 0.3 is 0 Å². The Hall–Kier alpha value is -2.53. The van der Waals surface area contributed by atoms with Crippen LogP contribution >= 0.6 is 0 Å². The van der Waals surface area contributed by atoms with E-state index in [1.54, 1.807) is 19.2 Å². The lowest BCUT2D eigenvalue weighted by Crippen LogP contribution is -2.46. The summed E-state index contributed by atoms with van der Waals surface area (Å²) in [5, 5.41) is 3.01. The molecule has 0 aliphatic rings. The first-order chi connectivity index (χ1) is 13.2. The van der Waals surface area contributed by atoms with E-state index in [0.29, 0.717) is 12.3 Å². The van der Waals surface area contributed by atoms with Crippen LogP contribution in [-0.4, -0.2) is 50.2 Å². The van der Waals surface area contributed by atoms with Gasteiger partial charge in [0.15, 0.2) is 6.61 Å². The first-order valence-corrected chi connectivity index (χ1v) is 9.47. The summed E-state index contributed by atoms with van der Waals surface area (Å²) in [7, 11) is 1.62. The highest BCUT2D eigenvalue weighted by Gasteiger charge is 2.17. The van der Waals surface area contributed by atoms with Gasteiger partial charge in [-0.2, -0.15) is 0 Å². The molecule has 0 radical (unpaired) electrons. The molecule has 1 atom stereocenters. The topological polar surface area (TPSA) is 50.8 Å². The summed E-state index contributed by atoms with van der Waals surface area (Å²) in [6.07, 6.45) is 0.905. The smallest absolute Gasteiger partial charge is 0.257 e. The maximum absolute atomic E-state index is 12.2. The van der Waals surface area contributed by atoms with Gasteiger partial charge in [0.25, 0.3) is 5.91 Å². The Bertz CT molecular complexity index is 670. The molecular weight excluding hydrogens is 340 g/mol. The number of carbonyl (C=O) groups is 1. The Morgan fingerprint density at radius 1 is 1.00 bits per heavy atom. The van der Waals surface area contributed by atoms with Crippen LogP contribution in [0.2, 0.25) is 0 Å². The van der Waals surface area contributed by atoms with Crippen molar-refractivity contribution in [3.05, 3.63) is 60.2 Å². The molecule has 0 bridgehead atoms. The quantitative estimate of drug-likeness (QED) is 0.660. The van der Waals surface area contributed by atoms with Gasteiger partial charge in [0.05, 0.1) is 7.11 Å². The number of likely N-dealkylation sites (N-methyl/N-ethyl adjacent to an activating group) is 1. The van der Waals surface area contributed by atoms with Crippen molar-refractivity contribution in [1.29, 1.82) is 0 Å². The minimum absolute atomic E-state index is 0.00261. The first kappa shape index (κ1) is 20.8. The van der Waals surface area contributed by atoms with Crippen LogP contribution in [0.15, 0.2) is 54.6 Å². The van der Waals surface area contributed by atoms with Gasteiger partial charge in [0, 0.05) is 12.6 Å². The SMILES string of the molecule is CCN(CC)C(CNC(=O)COc1ccc(OC)cc1)Cc1ccccc1. The van der Waals surface area contributed by atoms with Crippen LogP contribution in [-0.2, 0) is 11.2 Å². The van der Waals surface area contributed by atoms with Crippen LogP contribution in [0.25, 0.3) is 0 Å². The van der Waals surface area contributed by atoms with Gasteiger partial charge < -0.3 is 14.8 Å². The lowest BCUT2D eigenvalue weighted by Gasteiger charge is -2.30. The Balaban J connectivity index is 1.85. The summed E-state index contributed by atoms with van der Waals surface area (Å²) in [6.45, 7) is 6.80. The van der Waals surface area contributed by atoms with E-state index in [1.807, 2.05) is 18.2 Å². The van der Waals surface area contributed by atoms with Crippen LogP contribution in [0.3, 0.4) is 0 Å². The molecule has 0 aromatic heterocycles. The third kappa shape index (κ3) is 6.94. The van der Waals surface area contributed by atoms with E-state index in [1.165, 1.54) is 5.56 Å². The minimum atomic E-state index is -0.115. The molecule has 0 aliphatic carbocycles. The summed E-state index contributed by atoms with van der Waals surface area (Å²) >= 11 is 0.